The highest BCUT2D eigenvalue weighted by Gasteiger charge is 2.44. The maximum atomic E-state index is 2.64. The van der Waals surface area contributed by atoms with E-state index in [1.165, 1.54) is 128 Å². The lowest BCUT2D eigenvalue weighted by atomic mass is 9.68. The van der Waals surface area contributed by atoms with E-state index in [1.54, 1.807) is 0 Å². The molecule has 0 N–H and O–H groups in total. The Kier molecular flexibility index (Phi) is 7.69. The molecular weight excluding hydrogens is 821 g/mol. The summed E-state index contributed by atoms with van der Waals surface area (Å²) in [6.45, 7) is 19.3. The van der Waals surface area contributed by atoms with Crippen LogP contribution in [-0.4, -0.2) is 4.57 Å². The minimum Gasteiger partial charge on any atom is -0.310 e. The normalized spacial score (nSPS) is 16.4. The van der Waals surface area contributed by atoms with Crippen molar-refractivity contribution in [3.63, 3.8) is 0 Å². The highest BCUT2D eigenvalue weighted by Crippen LogP contribution is 2.58. The van der Waals surface area contributed by atoms with E-state index in [2.05, 4.69) is 247 Å². The number of aromatic nitrogens is 1. The minimum atomic E-state index is -0.210. The second kappa shape index (κ2) is 13.2. The average molecular weight is 875 g/mol. The molecule has 14 rings (SSSR count). The number of anilines is 3. The molecule has 0 radical (unpaired) electrons. The van der Waals surface area contributed by atoms with Crippen LogP contribution in [-0.2, 0) is 21.7 Å². The molecule has 2 heteroatoms. The molecule has 2 aliphatic heterocycles. The summed E-state index contributed by atoms with van der Waals surface area (Å²) in [4.78, 5) is 2.49. The number of hydrogen-bond donors (Lipinski definition) is 0. The molecule has 4 aliphatic rings. The van der Waals surface area contributed by atoms with Gasteiger partial charge in [-0.05, 0) is 150 Å². The van der Waals surface area contributed by atoms with Gasteiger partial charge in [0.2, 0.25) is 0 Å². The summed E-state index contributed by atoms with van der Waals surface area (Å²) in [7, 11) is 0. The summed E-state index contributed by atoms with van der Waals surface area (Å²) in [6, 6.07) is 69.6. The van der Waals surface area contributed by atoms with Gasteiger partial charge in [-0.2, -0.15) is 0 Å². The van der Waals surface area contributed by atoms with Crippen molar-refractivity contribution in [3.8, 4) is 50.2 Å². The first kappa shape index (κ1) is 39.7. The molecule has 0 saturated heterocycles. The van der Waals surface area contributed by atoms with Gasteiger partial charge in [0, 0.05) is 49.5 Å². The van der Waals surface area contributed by atoms with Crippen LogP contribution in [0.4, 0.5) is 17.1 Å². The minimum absolute atomic E-state index is 0.116. The molecule has 10 aromatic rings. The van der Waals surface area contributed by atoms with Gasteiger partial charge in [0.05, 0.1) is 16.7 Å². The van der Waals surface area contributed by atoms with Crippen molar-refractivity contribution < 1.29 is 0 Å². The Morgan fingerprint density at radius 1 is 0.294 bits per heavy atom. The molecule has 9 aromatic carbocycles. The predicted octanol–water partition coefficient (Wildman–Crippen LogP) is 17.5. The molecule has 3 heterocycles. The zero-order valence-electron chi connectivity index (χ0n) is 40.2. The van der Waals surface area contributed by atoms with Crippen LogP contribution in [0, 0.1) is 0 Å². The number of fused-ring (bicyclic) bond motifs is 7. The molecule has 0 atom stereocenters. The lowest BCUT2D eigenvalue weighted by molar-refractivity contribution is 0.594. The fraction of sp³-hybridized carbons (Fsp3) is 0.182. The maximum absolute atomic E-state index is 2.64. The summed E-state index contributed by atoms with van der Waals surface area (Å²) in [5, 5.41) is 2.66. The van der Waals surface area contributed by atoms with E-state index in [1.807, 2.05) is 0 Å². The summed E-state index contributed by atoms with van der Waals surface area (Å²) < 4.78 is 2.64. The van der Waals surface area contributed by atoms with E-state index in [9.17, 15) is 0 Å². The third-order valence-corrected chi connectivity index (χ3v) is 17.1. The van der Waals surface area contributed by atoms with E-state index < -0.39 is 0 Å². The van der Waals surface area contributed by atoms with Crippen molar-refractivity contribution in [1.29, 1.82) is 0 Å². The molecular formula is C66H54N2. The topological polar surface area (TPSA) is 8.17 Å². The second-order valence-electron chi connectivity index (χ2n) is 22.2. The number of hydrogen-bond acceptors (Lipinski definition) is 1. The maximum Gasteiger partial charge on any atom is 0.0582 e. The van der Waals surface area contributed by atoms with Crippen LogP contribution in [0.15, 0.2) is 182 Å². The first-order valence-corrected chi connectivity index (χ1v) is 24.5. The molecule has 328 valence electrons. The monoisotopic (exact) mass is 874 g/mol. The fourth-order valence-corrected chi connectivity index (χ4v) is 13.4. The van der Waals surface area contributed by atoms with Crippen LogP contribution in [0.2, 0.25) is 0 Å². The molecule has 68 heavy (non-hydrogen) atoms. The van der Waals surface area contributed by atoms with E-state index in [4.69, 9.17) is 0 Å². The van der Waals surface area contributed by atoms with Crippen LogP contribution in [0.25, 0.3) is 72.0 Å². The first-order valence-electron chi connectivity index (χ1n) is 24.5. The summed E-state index contributed by atoms with van der Waals surface area (Å²) in [5.41, 5.74) is 28.4. The van der Waals surface area contributed by atoms with Gasteiger partial charge in [0.15, 0.2) is 0 Å². The highest BCUT2D eigenvalue weighted by molar-refractivity contribution is 6.16. The van der Waals surface area contributed by atoms with Gasteiger partial charge in [-0.25, -0.2) is 0 Å². The molecule has 0 spiro atoms. The quantitative estimate of drug-likeness (QED) is 0.167. The van der Waals surface area contributed by atoms with Crippen molar-refractivity contribution in [2.45, 2.75) is 77.0 Å². The van der Waals surface area contributed by atoms with Crippen molar-refractivity contribution in [2.75, 3.05) is 4.90 Å². The number of rotatable bonds is 5. The zero-order chi connectivity index (χ0) is 46.2. The van der Waals surface area contributed by atoms with Crippen molar-refractivity contribution in [2.24, 2.45) is 0 Å². The molecule has 1 aromatic heterocycles. The largest absolute Gasteiger partial charge is 0.310 e. The van der Waals surface area contributed by atoms with Crippen LogP contribution < -0.4 is 4.90 Å². The van der Waals surface area contributed by atoms with Crippen LogP contribution >= 0.6 is 0 Å². The molecule has 0 bridgehead atoms. The Bertz CT molecular complexity index is 3730. The Morgan fingerprint density at radius 2 is 0.691 bits per heavy atom. The van der Waals surface area contributed by atoms with E-state index in [0.29, 0.717) is 0 Å². The van der Waals surface area contributed by atoms with Crippen LogP contribution in [0.1, 0.15) is 99.9 Å². The highest BCUT2D eigenvalue weighted by atomic mass is 15.1. The fourth-order valence-electron chi connectivity index (χ4n) is 13.4. The van der Waals surface area contributed by atoms with E-state index in [0.717, 1.165) is 5.69 Å². The van der Waals surface area contributed by atoms with Crippen LogP contribution in [0.3, 0.4) is 0 Å². The smallest absolute Gasteiger partial charge is 0.0582 e. The van der Waals surface area contributed by atoms with Gasteiger partial charge in [-0.1, -0.05) is 177 Å². The molecule has 0 fully saturated rings. The summed E-state index contributed by atoms with van der Waals surface area (Å²) in [5.74, 6) is 0. The second-order valence-corrected chi connectivity index (χ2v) is 22.2. The number of benzene rings is 9. The zero-order valence-corrected chi connectivity index (χ0v) is 40.2. The molecule has 0 unspecified atom stereocenters. The lowest BCUT2D eigenvalue weighted by Crippen LogP contribution is -2.33. The van der Waals surface area contributed by atoms with Gasteiger partial charge in [-0.15, -0.1) is 0 Å². The Labute approximate surface area is 400 Å². The van der Waals surface area contributed by atoms with Crippen molar-refractivity contribution >= 4 is 38.9 Å². The molecule has 0 amide bonds. The number of nitrogens with zero attached hydrogens (tertiary/aromatic N) is 2. The van der Waals surface area contributed by atoms with Gasteiger partial charge < -0.3 is 9.47 Å². The first-order chi connectivity index (χ1) is 32.7. The van der Waals surface area contributed by atoms with Gasteiger partial charge in [0.1, 0.15) is 0 Å². The Balaban J connectivity index is 0.961. The summed E-state index contributed by atoms with van der Waals surface area (Å²) in [6.07, 6.45) is 0. The van der Waals surface area contributed by atoms with Crippen LogP contribution in [0.5, 0.6) is 0 Å². The SMILES string of the molecule is CC1(C)c2ccccc2-c2ccc(N(c3ccc(-c4cc5c6c(c4)c4cc(-c7ccccc7)cc7c4n6-c4c(cccc4C5(C)C)C7(C)C)cc3)c3ccc4c(c3)C(C)(C)c3ccccc3-4)cc21. The Hall–Kier alpha value is -7.42. The van der Waals surface area contributed by atoms with Crippen molar-refractivity contribution in [3.05, 3.63) is 226 Å². The number of para-hydroxylation sites is 1. The van der Waals surface area contributed by atoms with Crippen molar-refractivity contribution in [1.82, 2.24) is 4.57 Å². The van der Waals surface area contributed by atoms with E-state index >= 15 is 0 Å². The standard InChI is InChI=1S/C66H54N2/c1-63(2)52-21-14-12-19-46(52)48-31-29-44(37-56(48)63)67(45-30-32-49-47-20-13-15-22-53(47)64(3,4)57(49)38-45)43-27-25-40(26-28-43)42-34-51-50-33-41(39-17-10-9-11-18-39)35-58-60(50)68-61(51)59(36-42)66(7,8)55-24-16-23-54(62(55)68)65(58,5)6/h9-38H,1-8H3. The molecule has 0 saturated carbocycles. The van der Waals surface area contributed by atoms with E-state index in [-0.39, 0.29) is 21.7 Å². The lowest BCUT2D eigenvalue weighted by Gasteiger charge is -2.42. The van der Waals surface area contributed by atoms with Gasteiger partial charge in [-0.3, -0.25) is 0 Å². The third-order valence-electron chi connectivity index (χ3n) is 17.1. The molecule has 2 nitrogen and oxygen atoms in total. The Morgan fingerprint density at radius 3 is 1.19 bits per heavy atom. The third kappa shape index (κ3) is 5.03. The average Bonchev–Trinajstić information content (AvgIpc) is 3.89. The molecule has 2 aliphatic carbocycles. The predicted molar refractivity (Wildman–Crippen MR) is 286 cm³/mol. The van der Waals surface area contributed by atoms with Gasteiger partial charge in [0.25, 0.3) is 0 Å². The summed E-state index contributed by atoms with van der Waals surface area (Å²) >= 11 is 0. The van der Waals surface area contributed by atoms with Gasteiger partial charge >= 0.3 is 0 Å².